The molecule has 2 aliphatic rings. The third-order valence-corrected chi connectivity index (χ3v) is 18.9. The van der Waals surface area contributed by atoms with Crippen molar-refractivity contribution in [3.8, 4) is 6.07 Å². The van der Waals surface area contributed by atoms with Gasteiger partial charge in [0.2, 0.25) is 6.04 Å². The van der Waals surface area contributed by atoms with Crippen LogP contribution in [0.25, 0.3) is 10.4 Å². The van der Waals surface area contributed by atoms with Gasteiger partial charge in [0.25, 0.3) is 0 Å². The number of likely N-dealkylation sites (tertiary alicyclic amines) is 2. The van der Waals surface area contributed by atoms with Gasteiger partial charge in [0, 0.05) is 287 Å². The smallest absolute Gasteiger partial charge is 0.308 e. The number of aliphatic carboxylic acids is 1. The fourth-order valence-corrected chi connectivity index (χ4v) is 12.4. The molecule has 2 aliphatic heterocycles. The van der Waals surface area contributed by atoms with E-state index in [-0.39, 0.29) is 243 Å². The monoisotopic (exact) mass is 1900 g/mol. The van der Waals surface area contributed by atoms with Gasteiger partial charge in [-0.3, -0.25) is 19.5 Å². The topological polar surface area (TPSA) is 95.4 Å². The first-order chi connectivity index (χ1) is 45.9. The van der Waals surface area contributed by atoms with Crippen molar-refractivity contribution < 1.29 is 238 Å². The van der Waals surface area contributed by atoms with E-state index < -0.39 is 58.8 Å². The fourth-order valence-electron chi connectivity index (χ4n) is 12.4. The maximum absolute atomic E-state index is 13.9. The number of carboxylic acid groups (broad SMARTS) is 1. The minimum absolute atomic E-state index is 0. The molecule has 8 rings (SSSR count). The van der Waals surface area contributed by atoms with Gasteiger partial charge in [-0.25, -0.2) is 32.9 Å². The summed E-state index contributed by atoms with van der Waals surface area (Å²) in [5, 5.41) is 28.2. The van der Waals surface area contributed by atoms with Crippen LogP contribution in [0.2, 0.25) is 0 Å². The number of halogens is 6. The van der Waals surface area contributed by atoms with Crippen molar-refractivity contribution >= 4 is 11.5 Å². The molecular formula is C85H117F6N5O3Y6. The van der Waals surface area contributed by atoms with Gasteiger partial charge in [-0.2, -0.15) is 5.26 Å². The first kappa shape index (κ1) is 111. The van der Waals surface area contributed by atoms with Gasteiger partial charge < -0.3 is 15.1 Å². The maximum atomic E-state index is 13.9. The Labute approximate surface area is 780 Å². The number of carboxylic acids is 1. The Morgan fingerprint density at radius 1 is 0.590 bits per heavy atom. The van der Waals surface area contributed by atoms with Gasteiger partial charge in [-0.15, -0.1) is 0 Å². The molecule has 2 saturated heterocycles. The average Bonchev–Trinajstić information content (AvgIpc) is 1.64. The second-order valence-electron chi connectivity index (χ2n) is 31.3. The number of β-amino-alcohol motifs (C(OH)–C–C–N with tert-alkyl or cyclic N) is 1. The van der Waals surface area contributed by atoms with Crippen LogP contribution in [0.3, 0.4) is 0 Å². The van der Waals surface area contributed by atoms with Crippen molar-refractivity contribution in [1.82, 2.24) is 14.7 Å². The van der Waals surface area contributed by atoms with Crippen LogP contribution in [-0.4, -0.2) is 92.8 Å². The zero-order chi connectivity index (χ0) is 75.2. The van der Waals surface area contributed by atoms with Gasteiger partial charge in [0.05, 0.1) is 30.6 Å². The summed E-state index contributed by atoms with van der Waals surface area (Å²) in [6.07, 6.45) is 4.10. The Kier molecular flexibility index (Phi) is 55.0. The summed E-state index contributed by atoms with van der Waals surface area (Å²) in [4.78, 5) is 21.2. The second kappa shape index (κ2) is 52.1. The fraction of sp³-hybridized carbons (Fsp3) is 0.518. The van der Waals surface area contributed by atoms with E-state index in [0.717, 1.165) is 30.7 Å². The van der Waals surface area contributed by atoms with Crippen molar-refractivity contribution in [2.75, 3.05) is 39.3 Å². The molecule has 0 aromatic heterocycles. The molecule has 2 heterocycles. The molecule has 0 bridgehead atoms. The van der Waals surface area contributed by atoms with Crippen LogP contribution in [0.5, 0.6) is 0 Å². The van der Waals surface area contributed by atoms with E-state index in [1.165, 1.54) is 105 Å². The summed E-state index contributed by atoms with van der Waals surface area (Å²) < 4.78 is 80.2. The molecule has 105 heavy (non-hydrogen) atoms. The first-order valence-corrected chi connectivity index (χ1v) is 35.0. The molecule has 8 nitrogen and oxygen atoms in total. The third-order valence-electron chi connectivity index (χ3n) is 18.9. The van der Waals surface area contributed by atoms with E-state index in [4.69, 9.17) is 11.8 Å². The maximum Gasteiger partial charge on any atom is 0.308 e. The summed E-state index contributed by atoms with van der Waals surface area (Å²) in [6, 6.07) is 32.0. The summed E-state index contributed by atoms with van der Waals surface area (Å²) in [7, 11) is 0. The normalized spacial score (nSPS) is 16.3. The van der Waals surface area contributed by atoms with E-state index in [9.17, 15) is 41.4 Å². The van der Waals surface area contributed by atoms with Gasteiger partial charge in [0.1, 0.15) is 34.9 Å². The van der Waals surface area contributed by atoms with Crippen LogP contribution in [0.15, 0.2) is 116 Å². The Hall–Kier alpha value is -0.447. The number of hydrogen-bond acceptors (Lipinski definition) is 6. The van der Waals surface area contributed by atoms with Crippen molar-refractivity contribution in [2.24, 2.45) is 11.3 Å². The molecule has 7 atom stereocenters. The predicted molar refractivity (Wildman–Crippen MR) is 398 cm³/mol. The van der Waals surface area contributed by atoms with E-state index in [2.05, 4.69) is 188 Å². The van der Waals surface area contributed by atoms with Crippen molar-refractivity contribution in [3.63, 3.8) is 0 Å². The summed E-state index contributed by atoms with van der Waals surface area (Å²) >= 11 is 0. The molecule has 2 N–H and O–H groups in total. The summed E-state index contributed by atoms with van der Waals surface area (Å²) in [6.45, 7) is 61.2. The van der Waals surface area contributed by atoms with Gasteiger partial charge in [-0.1, -0.05) is 145 Å². The van der Waals surface area contributed by atoms with Crippen LogP contribution in [0.4, 0.5) is 26.3 Å². The van der Waals surface area contributed by atoms with Crippen molar-refractivity contribution in [1.29, 1.82) is 5.26 Å². The number of nitriles is 1. The van der Waals surface area contributed by atoms with Crippen LogP contribution < -0.4 is 0 Å². The van der Waals surface area contributed by atoms with E-state index in [0.29, 0.717) is 62.0 Å². The predicted octanol–water partition coefficient (Wildman–Crippen LogP) is 22.1. The molecule has 6 aromatic carbocycles. The number of nitrogens with zero attached hydrogens (tertiary/aromatic N) is 5. The van der Waals surface area contributed by atoms with Gasteiger partial charge >= 0.3 is 5.97 Å². The Morgan fingerprint density at radius 2 is 1.00 bits per heavy atom. The van der Waals surface area contributed by atoms with Crippen molar-refractivity contribution in [3.05, 3.63) is 229 Å². The molecule has 6 radical (unpaired) electrons. The molecule has 1 unspecified atom stereocenters. The largest absolute Gasteiger partial charge is 0.481 e. The number of carbonyl (C=O) groups is 1. The summed E-state index contributed by atoms with van der Waals surface area (Å²) in [5.41, 5.74) is 14.6. The zero-order valence-electron chi connectivity index (χ0n) is 67.2. The number of aliphatic hydroxyl groups is 1. The average molecular weight is 1900 g/mol. The number of aliphatic hydroxyl groups excluding tert-OH is 1. The minimum atomic E-state index is -1.06. The molecule has 0 spiro atoms. The number of hydrogen-bond donors (Lipinski definition) is 2. The number of rotatable bonds is 15. The third kappa shape index (κ3) is 38.0. The van der Waals surface area contributed by atoms with E-state index in [1.807, 2.05) is 51.3 Å². The zero-order valence-corrected chi connectivity index (χ0v) is 84.2. The molecule has 6 aromatic rings. The standard InChI is InChI=1S/C16H26.C15H20F2N2O.C15H18F2N2.C15H19F2NO2.C12H18.C12H16.6Y/c1-12-7-8-15(14(3)11-12)13(2)9-10-16(4,5)6;1-15(2,3)19(8-4-7-18)10-14(20)12-6-5-11(16)9-13(12)17;1-15(2,3)19-8-12(14(9-19)18-4)11-6-5-10(16)7-13(11)17;1-15(2,3)18-7-11(12(8-18)14(19)20)10-5-4-9(16)6-13(10)17;2*1-5-10(3)12-7-6-9(2)8-11(12)4;;;;;;/h7-8,11,13H,9-10H2,1-6H3;5-6,9,14,20H,4,8,10H2,1-3H3;5-7,12,14H,8-9H2,1-3H3;4-6,11-12H,7-8H2,1-3H3,(H,19,20);6-8,10H,5H2,1-4H3;6-8H,3,5H2,1-2,4H3;;;;;;/t13-;14-;12-,14?;11-,12+;10-;;;;;;;/m11001......./s1. The van der Waals surface area contributed by atoms with E-state index in [1.54, 1.807) is 0 Å². The van der Waals surface area contributed by atoms with Gasteiger partial charge in [-0.05, 0) is 210 Å². The van der Waals surface area contributed by atoms with Crippen LogP contribution in [-0.2, 0) is 201 Å². The number of aryl methyl sites for hydroxylation is 6. The van der Waals surface area contributed by atoms with Gasteiger partial charge in [0.15, 0.2) is 0 Å². The molecule has 20 heteroatoms. The van der Waals surface area contributed by atoms with Crippen molar-refractivity contribution in [2.45, 2.75) is 237 Å². The Balaban J connectivity index is -0.000000582. The Morgan fingerprint density at radius 3 is 1.38 bits per heavy atom. The molecule has 0 aliphatic carbocycles. The first-order valence-electron chi connectivity index (χ1n) is 35.0. The quantitative estimate of drug-likeness (QED) is 0.0781. The SMILES string of the molecule is C=C(CC)c1ccc(C)cc1C.CC(C)(C)N(CCC#N)C[C@@H](O)c1ccc(F)cc1F.CC(C)(C)N1C[C@@H](C(=O)O)[C@H](c2ccc(F)cc2F)C1.CC[C@@H](C)c1ccc(C)cc1C.Cc1ccc([C@H](C)CCC(C)(C)C)c(C)c1.[C-]#[N+]C1CN(C(C)(C)C)C[C@H]1c1ccc(F)cc1F.[Y].[Y].[Y].[Y].[Y].[Y]. The Bertz CT molecular complexity index is 3690. The molecule has 0 amide bonds. The second-order valence-corrected chi connectivity index (χ2v) is 31.3. The van der Waals surface area contributed by atoms with Crippen LogP contribution in [0.1, 0.15) is 239 Å². The summed E-state index contributed by atoms with van der Waals surface area (Å²) in [5.74, 6) is -4.74. The van der Waals surface area contributed by atoms with Crippen LogP contribution >= 0.6 is 0 Å². The molecule has 560 valence electrons. The minimum Gasteiger partial charge on any atom is -0.481 e. The molecular weight excluding hydrogens is 1790 g/mol. The molecule has 0 saturated carbocycles. The van der Waals surface area contributed by atoms with Crippen LogP contribution in [0, 0.1) is 106 Å². The number of benzene rings is 6. The molecule has 2 fully saturated rings. The van der Waals surface area contributed by atoms with E-state index >= 15 is 0 Å². The number of allylic oxidation sites excluding steroid dienone is 1.